The largest absolute Gasteiger partial charge is 0.508 e. The van der Waals surface area contributed by atoms with Crippen molar-refractivity contribution in [2.45, 2.75) is 25.9 Å². The lowest BCUT2D eigenvalue weighted by molar-refractivity contribution is 0.0817. The smallest absolute Gasteiger partial charge is 0.121 e. The summed E-state index contributed by atoms with van der Waals surface area (Å²) >= 11 is 0. The van der Waals surface area contributed by atoms with Gasteiger partial charge in [-0.2, -0.15) is 0 Å². The van der Waals surface area contributed by atoms with Crippen LogP contribution in [0.3, 0.4) is 0 Å². The maximum absolute atomic E-state index is 9.60. The number of ether oxygens (including phenoxy) is 1. The van der Waals surface area contributed by atoms with Crippen LogP contribution < -0.4 is 5.32 Å². The maximum Gasteiger partial charge on any atom is 0.121 e. The lowest BCUT2D eigenvalue weighted by Crippen LogP contribution is -2.15. The van der Waals surface area contributed by atoms with Gasteiger partial charge >= 0.3 is 0 Å². The molecule has 1 aromatic carbocycles. The Kier molecular flexibility index (Phi) is 4.83. The second-order valence-corrected chi connectivity index (χ2v) is 4.69. The topological polar surface area (TPSA) is 41.5 Å². The molecule has 2 rings (SSSR count). The third kappa shape index (κ3) is 4.02. The number of benzene rings is 1. The molecule has 0 aliphatic carbocycles. The lowest BCUT2D eigenvalue weighted by Gasteiger charge is -2.14. The summed E-state index contributed by atoms with van der Waals surface area (Å²) in [4.78, 5) is 0. The van der Waals surface area contributed by atoms with E-state index < -0.39 is 0 Å². The third-order valence-electron chi connectivity index (χ3n) is 3.30. The maximum atomic E-state index is 9.60. The fraction of sp³-hybridized carbons (Fsp3) is 0.571. The predicted octanol–water partition coefficient (Wildman–Crippen LogP) is 2.30. The van der Waals surface area contributed by atoms with Crippen LogP contribution in [0, 0.1) is 5.92 Å². The minimum Gasteiger partial charge on any atom is -0.508 e. The van der Waals surface area contributed by atoms with E-state index in [0.29, 0.717) is 18.3 Å². The number of para-hydroxylation sites is 1. The van der Waals surface area contributed by atoms with Crippen LogP contribution in [0.4, 0.5) is 0 Å². The van der Waals surface area contributed by atoms with Crippen molar-refractivity contribution in [1.29, 1.82) is 0 Å². The molecule has 0 radical (unpaired) electrons. The molecule has 1 unspecified atom stereocenters. The van der Waals surface area contributed by atoms with E-state index in [2.05, 4.69) is 5.32 Å². The van der Waals surface area contributed by atoms with Crippen molar-refractivity contribution in [3.05, 3.63) is 29.8 Å². The van der Waals surface area contributed by atoms with Crippen LogP contribution in [0.5, 0.6) is 5.75 Å². The van der Waals surface area contributed by atoms with Gasteiger partial charge in [-0.3, -0.25) is 0 Å². The molecule has 3 heteroatoms. The highest BCUT2D eigenvalue weighted by Crippen LogP contribution is 2.18. The van der Waals surface area contributed by atoms with Crippen LogP contribution in [-0.4, -0.2) is 24.8 Å². The van der Waals surface area contributed by atoms with E-state index >= 15 is 0 Å². The summed E-state index contributed by atoms with van der Waals surface area (Å²) in [5.74, 6) is 0.992. The molecule has 1 aromatic rings. The number of rotatable bonds is 4. The van der Waals surface area contributed by atoms with Gasteiger partial charge in [-0.15, -0.1) is 0 Å². The van der Waals surface area contributed by atoms with E-state index in [-0.39, 0.29) is 0 Å². The molecule has 0 amide bonds. The van der Waals surface area contributed by atoms with E-state index in [9.17, 15) is 5.11 Å². The van der Waals surface area contributed by atoms with Crippen LogP contribution in [0.2, 0.25) is 0 Å². The van der Waals surface area contributed by atoms with Gasteiger partial charge in [-0.25, -0.2) is 0 Å². The number of hydrogen-bond donors (Lipinski definition) is 2. The summed E-state index contributed by atoms with van der Waals surface area (Å²) in [7, 11) is 0. The SMILES string of the molecule is Oc1ccccc1COCC1CCCNCC1. The number of phenols is 1. The summed E-state index contributed by atoms with van der Waals surface area (Å²) in [6.07, 6.45) is 3.68. The molecule has 0 aromatic heterocycles. The van der Waals surface area contributed by atoms with E-state index in [1.165, 1.54) is 19.3 Å². The summed E-state index contributed by atoms with van der Waals surface area (Å²) in [5.41, 5.74) is 0.874. The van der Waals surface area contributed by atoms with Crippen LogP contribution in [-0.2, 0) is 11.3 Å². The molecule has 1 fully saturated rings. The van der Waals surface area contributed by atoms with Crippen LogP contribution in [0.1, 0.15) is 24.8 Å². The molecule has 0 spiro atoms. The van der Waals surface area contributed by atoms with E-state index in [1.807, 2.05) is 18.2 Å². The number of nitrogens with one attached hydrogen (secondary N) is 1. The average molecular weight is 235 g/mol. The Morgan fingerprint density at radius 1 is 1.24 bits per heavy atom. The van der Waals surface area contributed by atoms with Gasteiger partial charge in [0.05, 0.1) is 6.61 Å². The Bertz CT molecular complexity index is 333. The highest BCUT2D eigenvalue weighted by Gasteiger charge is 2.12. The number of hydrogen-bond acceptors (Lipinski definition) is 3. The Balaban J connectivity index is 1.73. The third-order valence-corrected chi connectivity index (χ3v) is 3.30. The first-order chi connectivity index (χ1) is 8.36. The Hall–Kier alpha value is -1.06. The molecular weight excluding hydrogens is 214 g/mol. The van der Waals surface area contributed by atoms with Gasteiger partial charge in [0.25, 0.3) is 0 Å². The van der Waals surface area contributed by atoms with Gasteiger partial charge in [-0.05, 0) is 44.3 Å². The molecule has 94 valence electrons. The zero-order valence-electron chi connectivity index (χ0n) is 10.2. The minimum atomic E-state index is 0.329. The van der Waals surface area contributed by atoms with Gasteiger partial charge in [0.15, 0.2) is 0 Å². The van der Waals surface area contributed by atoms with Gasteiger partial charge in [0.1, 0.15) is 5.75 Å². The van der Waals surface area contributed by atoms with E-state index in [0.717, 1.165) is 25.3 Å². The molecule has 1 atom stereocenters. The van der Waals surface area contributed by atoms with Crippen molar-refractivity contribution in [2.75, 3.05) is 19.7 Å². The summed E-state index contributed by atoms with van der Waals surface area (Å²) in [6.45, 7) is 3.55. The standard InChI is InChI=1S/C14H21NO2/c16-14-6-2-1-5-13(14)11-17-10-12-4-3-8-15-9-7-12/h1-2,5-6,12,15-16H,3-4,7-11H2. The lowest BCUT2D eigenvalue weighted by atomic mass is 10.0. The summed E-state index contributed by atoms with van der Waals surface area (Å²) in [5, 5.41) is 13.0. The zero-order chi connectivity index (χ0) is 11.9. The van der Waals surface area contributed by atoms with E-state index in [1.54, 1.807) is 6.07 Å². The molecule has 3 nitrogen and oxygen atoms in total. The van der Waals surface area contributed by atoms with Crippen LogP contribution >= 0.6 is 0 Å². The summed E-state index contributed by atoms with van der Waals surface area (Å²) in [6, 6.07) is 7.36. The monoisotopic (exact) mass is 235 g/mol. The van der Waals surface area contributed by atoms with Gasteiger partial charge in [-0.1, -0.05) is 18.2 Å². The molecule has 1 saturated heterocycles. The highest BCUT2D eigenvalue weighted by atomic mass is 16.5. The normalized spacial score (nSPS) is 21.1. The first kappa shape index (κ1) is 12.4. The van der Waals surface area contributed by atoms with Crippen molar-refractivity contribution in [3.8, 4) is 5.75 Å². The van der Waals surface area contributed by atoms with Crippen molar-refractivity contribution < 1.29 is 9.84 Å². The Morgan fingerprint density at radius 3 is 3.00 bits per heavy atom. The molecular formula is C14H21NO2. The van der Waals surface area contributed by atoms with Gasteiger partial charge in [0.2, 0.25) is 0 Å². The molecule has 2 N–H and O–H groups in total. The van der Waals surface area contributed by atoms with Crippen molar-refractivity contribution >= 4 is 0 Å². The highest BCUT2D eigenvalue weighted by molar-refractivity contribution is 5.30. The molecule has 1 heterocycles. The minimum absolute atomic E-state index is 0.329. The van der Waals surface area contributed by atoms with Crippen molar-refractivity contribution in [2.24, 2.45) is 5.92 Å². The van der Waals surface area contributed by atoms with Gasteiger partial charge in [0, 0.05) is 12.2 Å². The molecule has 1 aliphatic rings. The van der Waals surface area contributed by atoms with Gasteiger partial charge < -0.3 is 15.2 Å². The first-order valence-electron chi connectivity index (χ1n) is 6.41. The number of phenolic OH excluding ortho intramolecular Hbond substituents is 1. The second kappa shape index (κ2) is 6.62. The summed E-state index contributed by atoms with van der Waals surface area (Å²) < 4.78 is 5.71. The molecule has 0 saturated carbocycles. The quantitative estimate of drug-likeness (QED) is 0.841. The fourth-order valence-electron chi connectivity index (χ4n) is 2.23. The molecule has 0 bridgehead atoms. The Morgan fingerprint density at radius 2 is 2.12 bits per heavy atom. The predicted molar refractivity (Wildman–Crippen MR) is 68.0 cm³/mol. The van der Waals surface area contributed by atoms with Crippen molar-refractivity contribution in [3.63, 3.8) is 0 Å². The molecule has 1 aliphatic heterocycles. The molecule has 17 heavy (non-hydrogen) atoms. The van der Waals surface area contributed by atoms with Crippen LogP contribution in [0.15, 0.2) is 24.3 Å². The fourth-order valence-corrected chi connectivity index (χ4v) is 2.23. The first-order valence-corrected chi connectivity index (χ1v) is 6.41. The zero-order valence-corrected chi connectivity index (χ0v) is 10.2. The van der Waals surface area contributed by atoms with E-state index in [4.69, 9.17) is 4.74 Å². The second-order valence-electron chi connectivity index (χ2n) is 4.69. The number of aromatic hydroxyl groups is 1. The van der Waals surface area contributed by atoms with Crippen molar-refractivity contribution in [1.82, 2.24) is 5.32 Å². The van der Waals surface area contributed by atoms with Crippen LogP contribution in [0.25, 0.3) is 0 Å². The average Bonchev–Trinajstić information content (AvgIpc) is 2.60. The Labute approximate surface area is 103 Å².